The van der Waals surface area contributed by atoms with E-state index in [1.807, 2.05) is 13.8 Å². The van der Waals surface area contributed by atoms with Crippen molar-refractivity contribution >= 4 is 15.7 Å². The van der Waals surface area contributed by atoms with E-state index in [2.05, 4.69) is 0 Å². The predicted octanol–water partition coefficient (Wildman–Crippen LogP) is 1.09. The van der Waals surface area contributed by atoms with Crippen LogP contribution in [0.3, 0.4) is 0 Å². The zero-order valence-electron chi connectivity index (χ0n) is 14.2. The minimum Gasteiger partial charge on any atom is -0.391 e. The number of nitro groups is 1. The molecule has 4 atom stereocenters. The minimum absolute atomic E-state index is 0.00351. The minimum atomic E-state index is -4.00. The standard InChI is InChI=1S/C16H23N3O5S/c1-10(2)15-16(7-11(17)13(20)8-16)9-18(15)25(23,24)14-6-4-3-5-12(14)19(21)22/h3-6,10-11,13,15,20H,7-9,17H2,1-2H3/t11-,13-,15?,16?/m1/s1. The second-order valence-electron chi connectivity index (χ2n) is 7.47. The van der Waals surface area contributed by atoms with Crippen molar-refractivity contribution in [2.24, 2.45) is 17.1 Å². The van der Waals surface area contributed by atoms with Crippen LogP contribution < -0.4 is 5.73 Å². The Kier molecular flexibility index (Phi) is 4.39. The Bertz CT molecular complexity index is 785. The lowest BCUT2D eigenvalue weighted by molar-refractivity contribution is -0.387. The van der Waals surface area contributed by atoms with Crippen molar-refractivity contribution in [2.45, 2.75) is 49.8 Å². The first-order chi connectivity index (χ1) is 11.6. The van der Waals surface area contributed by atoms with Crippen LogP contribution in [0.4, 0.5) is 5.69 Å². The van der Waals surface area contributed by atoms with Crippen molar-refractivity contribution in [3.8, 4) is 0 Å². The van der Waals surface area contributed by atoms with Gasteiger partial charge in [0.2, 0.25) is 10.0 Å². The van der Waals surface area contributed by atoms with Crippen molar-refractivity contribution in [3.05, 3.63) is 34.4 Å². The van der Waals surface area contributed by atoms with Gasteiger partial charge in [-0.05, 0) is 24.8 Å². The quantitative estimate of drug-likeness (QED) is 0.604. The molecular formula is C16H23N3O5S. The van der Waals surface area contributed by atoms with Crippen LogP contribution in [0.15, 0.2) is 29.2 Å². The Hall–Kier alpha value is -1.55. The van der Waals surface area contributed by atoms with Gasteiger partial charge in [0.1, 0.15) is 0 Å². The number of hydrogen-bond donors (Lipinski definition) is 2. The molecule has 3 N–H and O–H groups in total. The molecule has 2 aliphatic rings. The number of nitrogens with two attached hydrogens (primary N) is 1. The van der Waals surface area contributed by atoms with Gasteiger partial charge in [-0.3, -0.25) is 10.1 Å². The summed E-state index contributed by atoms with van der Waals surface area (Å²) in [5.74, 6) is 0.00351. The predicted molar refractivity (Wildman–Crippen MR) is 91.3 cm³/mol. The number of hydrogen-bond acceptors (Lipinski definition) is 6. The molecule has 8 nitrogen and oxygen atoms in total. The first-order valence-corrected chi connectivity index (χ1v) is 9.73. The zero-order valence-corrected chi connectivity index (χ0v) is 15.0. The molecule has 1 aromatic carbocycles. The number of para-hydroxylation sites is 1. The van der Waals surface area contributed by atoms with E-state index in [0.717, 1.165) is 0 Å². The highest BCUT2D eigenvalue weighted by Gasteiger charge is 2.62. The van der Waals surface area contributed by atoms with E-state index in [1.165, 1.54) is 28.6 Å². The molecule has 1 aliphatic heterocycles. The summed E-state index contributed by atoms with van der Waals surface area (Å²) in [6, 6.07) is 4.70. The van der Waals surface area contributed by atoms with Crippen LogP contribution in [-0.4, -0.2) is 47.5 Å². The maximum absolute atomic E-state index is 13.1. The van der Waals surface area contributed by atoms with Gasteiger partial charge in [-0.1, -0.05) is 26.0 Å². The van der Waals surface area contributed by atoms with Crippen LogP contribution in [0, 0.1) is 21.4 Å². The summed E-state index contributed by atoms with van der Waals surface area (Å²) in [6.07, 6.45) is 0.372. The molecule has 0 bridgehead atoms. The monoisotopic (exact) mass is 369 g/mol. The molecule has 2 unspecified atom stereocenters. The van der Waals surface area contributed by atoms with Gasteiger partial charge in [-0.2, -0.15) is 4.31 Å². The van der Waals surface area contributed by atoms with E-state index in [4.69, 9.17) is 5.73 Å². The molecule has 0 radical (unpaired) electrons. The first-order valence-electron chi connectivity index (χ1n) is 8.29. The fourth-order valence-electron chi connectivity index (χ4n) is 4.55. The third-order valence-electron chi connectivity index (χ3n) is 5.44. The van der Waals surface area contributed by atoms with Gasteiger partial charge in [0.25, 0.3) is 5.69 Å². The molecule has 9 heteroatoms. The normalized spacial score (nSPS) is 32.9. The molecule has 1 aliphatic carbocycles. The SMILES string of the molecule is CC(C)C1N(S(=O)(=O)c2ccccc2[N+](=O)[O-])CC12C[C@@H](N)[C@H](O)C2. The number of rotatable bonds is 4. The van der Waals surface area contributed by atoms with E-state index in [1.54, 1.807) is 0 Å². The van der Waals surface area contributed by atoms with E-state index < -0.39 is 26.7 Å². The topological polar surface area (TPSA) is 127 Å². The van der Waals surface area contributed by atoms with Gasteiger partial charge in [0.05, 0.1) is 11.0 Å². The Balaban J connectivity index is 1.98. The summed E-state index contributed by atoms with van der Waals surface area (Å²) < 4.78 is 27.5. The Morgan fingerprint density at radius 1 is 1.36 bits per heavy atom. The van der Waals surface area contributed by atoms with Gasteiger partial charge >= 0.3 is 0 Å². The van der Waals surface area contributed by atoms with Crippen LogP contribution in [-0.2, 0) is 10.0 Å². The summed E-state index contributed by atoms with van der Waals surface area (Å²) in [7, 11) is -4.00. The maximum atomic E-state index is 13.1. The first kappa shape index (κ1) is 18.2. The highest BCUT2D eigenvalue weighted by Crippen LogP contribution is 2.54. The van der Waals surface area contributed by atoms with Gasteiger partial charge < -0.3 is 10.8 Å². The molecule has 1 heterocycles. The van der Waals surface area contributed by atoms with Crippen LogP contribution in [0.1, 0.15) is 26.7 Å². The number of aliphatic hydroxyl groups is 1. The summed E-state index contributed by atoms with van der Waals surface area (Å²) in [5.41, 5.74) is 5.17. The fraction of sp³-hybridized carbons (Fsp3) is 0.625. The van der Waals surface area contributed by atoms with E-state index >= 15 is 0 Å². The fourth-order valence-corrected chi connectivity index (χ4v) is 6.65. The molecular weight excluding hydrogens is 346 g/mol. The molecule has 1 spiro atoms. The van der Waals surface area contributed by atoms with Crippen molar-refractivity contribution in [3.63, 3.8) is 0 Å². The summed E-state index contributed by atoms with van der Waals surface area (Å²) in [5, 5.41) is 21.3. The third kappa shape index (κ3) is 2.75. The lowest BCUT2D eigenvalue weighted by Crippen LogP contribution is -2.67. The smallest absolute Gasteiger partial charge is 0.289 e. The maximum Gasteiger partial charge on any atom is 0.289 e. The Morgan fingerprint density at radius 3 is 2.52 bits per heavy atom. The summed E-state index contributed by atoms with van der Waals surface area (Å²) in [6.45, 7) is 4.07. The van der Waals surface area contributed by atoms with E-state index in [-0.39, 0.29) is 34.9 Å². The second kappa shape index (κ2) is 6.01. The van der Waals surface area contributed by atoms with Gasteiger partial charge in [-0.25, -0.2) is 8.42 Å². The lowest BCUT2D eigenvalue weighted by atomic mass is 9.67. The Labute approximate surface area is 146 Å². The van der Waals surface area contributed by atoms with Gasteiger partial charge in [-0.15, -0.1) is 0 Å². The average Bonchev–Trinajstić information content (AvgIpc) is 2.81. The molecule has 25 heavy (non-hydrogen) atoms. The van der Waals surface area contributed by atoms with Crippen LogP contribution >= 0.6 is 0 Å². The van der Waals surface area contributed by atoms with Gasteiger partial charge in [0.15, 0.2) is 4.90 Å². The lowest BCUT2D eigenvalue weighted by Gasteiger charge is -2.57. The van der Waals surface area contributed by atoms with Crippen molar-refractivity contribution in [1.29, 1.82) is 0 Å². The van der Waals surface area contributed by atoms with E-state index in [9.17, 15) is 23.6 Å². The van der Waals surface area contributed by atoms with Gasteiger partial charge in [0, 0.05) is 30.1 Å². The molecule has 1 saturated heterocycles. The highest BCUT2D eigenvalue weighted by molar-refractivity contribution is 7.89. The van der Waals surface area contributed by atoms with Crippen LogP contribution in [0.5, 0.6) is 0 Å². The zero-order chi connectivity index (χ0) is 18.6. The molecule has 0 amide bonds. The molecule has 1 saturated carbocycles. The molecule has 0 aromatic heterocycles. The number of sulfonamides is 1. The molecule has 2 fully saturated rings. The number of benzene rings is 1. The van der Waals surface area contributed by atoms with Crippen molar-refractivity contribution < 1.29 is 18.4 Å². The Morgan fingerprint density at radius 2 is 2.00 bits per heavy atom. The number of nitrogens with zero attached hydrogens (tertiary/aromatic N) is 2. The average molecular weight is 369 g/mol. The summed E-state index contributed by atoms with van der Waals surface area (Å²) >= 11 is 0. The summed E-state index contributed by atoms with van der Waals surface area (Å²) in [4.78, 5) is 10.3. The van der Waals surface area contributed by atoms with Crippen LogP contribution in [0.2, 0.25) is 0 Å². The van der Waals surface area contributed by atoms with Crippen LogP contribution in [0.25, 0.3) is 0 Å². The molecule has 1 aromatic rings. The molecule has 138 valence electrons. The molecule has 3 rings (SSSR count). The number of nitro benzene ring substituents is 1. The van der Waals surface area contributed by atoms with Crippen molar-refractivity contribution in [1.82, 2.24) is 4.31 Å². The third-order valence-corrected chi connectivity index (χ3v) is 7.32. The second-order valence-corrected chi connectivity index (χ2v) is 9.32. The highest BCUT2D eigenvalue weighted by atomic mass is 32.2. The van der Waals surface area contributed by atoms with Crippen molar-refractivity contribution in [2.75, 3.05) is 6.54 Å². The number of aliphatic hydroxyl groups excluding tert-OH is 1. The largest absolute Gasteiger partial charge is 0.391 e. The van der Waals surface area contributed by atoms with E-state index in [0.29, 0.717) is 12.8 Å².